The van der Waals surface area contributed by atoms with Crippen LogP contribution >= 0.6 is 0 Å². The first kappa shape index (κ1) is 26.9. The van der Waals surface area contributed by atoms with Crippen molar-refractivity contribution in [2.45, 2.75) is 75.5 Å². The lowest BCUT2D eigenvalue weighted by Gasteiger charge is -2.36. The second-order valence-corrected chi connectivity index (χ2v) is 11.8. The number of hydrogen-bond donors (Lipinski definition) is 3. The third kappa shape index (κ3) is 5.02. The van der Waals surface area contributed by atoms with Crippen molar-refractivity contribution in [1.82, 2.24) is 0 Å². The molecule has 2 aliphatic rings. The van der Waals surface area contributed by atoms with Crippen LogP contribution < -0.4 is 10.8 Å². The summed E-state index contributed by atoms with van der Waals surface area (Å²) in [4.78, 5) is 25.3. The van der Waals surface area contributed by atoms with E-state index >= 15 is 0 Å². The van der Waals surface area contributed by atoms with Gasteiger partial charge in [0.15, 0.2) is 0 Å². The van der Waals surface area contributed by atoms with E-state index in [-0.39, 0.29) is 29.2 Å². The monoisotopic (exact) mass is 527 g/mol. The van der Waals surface area contributed by atoms with Gasteiger partial charge in [0.2, 0.25) is 10.0 Å². The summed E-state index contributed by atoms with van der Waals surface area (Å²) >= 11 is 0. The van der Waals surface area contributed by atoms with Crippen molar-refractivity contribution >= 4 is 16.0 Å². The average molecular weight is 528 g/mol. The molecule has 0 fully saturated rings. The predicted octanol–water partition coefficient (Wildman–Crippen LogP) is 4.35. The van der Waals surface area contributed by atoms with Crippen LogP contribution in [0.1, 0.15) is 84.3 Å². The van der Waals surface area contributed by atoms with Gasteiger partial charge in [0.1, 0.15) is 16.4 Å². The highest BCUT2D eigenvalue weighted by atomic mass is 32.2. The summed E-state index contributed by atoms with van der Waals surface area (Å²) in [5.74, 6) is -1.15. The number of aryl methyl sites for hydroxylation is 1. The topological polar surface area (TPSA) is 148 Å². The molecular formula is C28H33NO7S. The van der Waals surface area contributed by atoms with Gasteiger partial charge in [-0.25, -0.2) is 23.1 Å². The van der Waals surface area contributed by atoms with E-state index in [9.17, 15) is 28.2 Å². The maximum absolute atomic E-state index is 13.6. The SMILES string of the molecule is CC(C)Cc1ccc(C(=O)O)c(S(N)(=O)=O)c1C1(c2c(O)c3c(oc2=O)CCCCCC3)C=CC=CC1. The van der Waals surface area contributed by atoms with Gasteiger partial charge in [-0.1, -0.05) is 57.1 Å². The number of carbonyl (C=O) groups is 1. The lowest BCUT2D eigenvalue weighted by atomic mass is 9.67. The van der Waals surface area contributed by atoms with Gasteiger partial charge >= 0.3 is 11.6 Å². The van der Waals surface area contributed by atoms with Crippen LogP contribution in [0.15, 0.2) is 50.5 Å². The molecule has 0 saturated heterocycles. The molecule has 0 saturated carbocycles. The number of carboxylic acid groups (broad SMARTS) is 1. The summed E-state index contributed by atoms with van der Waals surface area (Å²) in [5.41, 5.74) is -1.67. The molecule has 198 valence electrons. The van der Waals surface area contributed by atoms with Crippen LogP contribution in [0, 0.1) is 5.92 Å². The molecule has 1 heterocycles. The maximum atomic E-state index is 13.6. The van der Waals surface area contributed by atoms with Crippen molar-refractivity contribution in [3.8, 4) is 5.75 Å². The Labute approximate surface area is 216 Å². The van der Waals surface area contributed by atoms with Crippen molar-refractivity contribution in [2.75, 3.05) is 0 Å². The Morgan fingerprint density at radius 1 is 1.11 bits per heavy atom. The molecule has 0 spiro atoms. The zero-order chi connectivity index (χ0) is 27.0. The minimum Gasteiger partial charge on any atom is -0.507 e. The molecule has 9 heteroatoms. The molecular weight excluding hydrogens is 494 g/mol. The quantitative estimate of drug-likeness (QED) is 0.506. The zero-order valence-electron chi connectivity index (χ0n) is 21.1. The summed E-state index contributed by atoms with van der Waals surface area (Å²) in [7, 11) is -4.57. The van der Waals surface area contributed by atoms with E-state index in [0.717, 1.165) is 25.7 Å². The number of aromatic carboxylic acids is 1. The van der Waals surface area contributed by atoms with Crippen LogP contribution in [0.4, 0.5) is 0 Å². The fourth-order valence-corrected chi connectivity index (χ4v) is 6.76. The third-order valence-electron chi connectivity index (χ3n) is 7.21. The molecule has 4 rings (SSSR count). The molecule has 37 heavy (non-hydrogen) atoms. The van der Waals surface area contributed by atoms with Crippen molar-refractivity contribution in [1.29, 1.82) is 0 Å². The normalized spacial score (nSPS) is 19.9. The Hall–Kier alpha value is -3.17. The predicted molar refractivity (Wildman–Crippen MR) is 140 cm³/mol. The Bertz CT molecular complexity index is 1450. The number of primary sulfonamides is 1. The van der Waals surface area contributed by atoms with Crippen LogP contribution in [0.25, 0.3) is 0 Å². The van der Waals surface area contributed by atoms with Gasteiger partial charge in [0.05, 0.1) is 16.5 Å². The summed E-state index contributed by atoms with van der Waals surface area (Å²) in [6.07, 6.45) is 12.0. The molecule has 2 aromatic rings. The molecule has 2 aliphatic carbocycles. The molecule has 0 aliphatic heterocycles. The van der Waals surface area contributed by atoms with Crippen molar-refractivity contribution < 1.29 is 27.8 Å². The molecule has 1 aromatic carbocycles. The van der Waals surface area contributed by atoms with Gasteiger partial charge in [0, 0.05) is 12.0 Å². The van der Waals surface area contributed by atoms with Gasteiger partial charge in [-0.05, 0) is 55.2 Å². The first-order valence-electron chi connectivity index (χ1n) is 12.6. The maximum Gasteiger partial charge on any atom is 0.344 e. The average Bonchev–Trinajstić information content (AvgIpc) is 2.79. The summed E-state index contributed by atoms with van der Waals surface area (Å²) in [6, 6.07) is 2.82. The van der Waals surface area contributed by atoms with Crippen molar-refractivity contribution in [2.24, 2.45) is 11.1 Å². The van der Waals surface area contributed by atoms with Crippen LogP contribution in [-0.2, 0) is 34.7 Å². The molecule has 1 unspecified atom stereocenters. The standard InChI is InChI=1S/C28H33NO7S/c1-17(2)16-18-12-13-20(26(31)32)25(37(29,34)35)22(18)28(14-8-5-9-15-28)23-24(30)19-10-6-3-4-7-11-21(19)36-27(23)33/h5,8-9,12-14,17,30H,3-4,6-7,10-11,15-16H2,1-2H3,(H,31,32)(H2,29,34,35). The molecule has 0 amide bonds. The molecule has 1 aromatic heterocycles. The van der Waals surface area contributed by atoms with E-state index in [1.54, 1.807) is 30.4 Å². The van der Waals surface area contributed by atoms with E-state index in [2.05, 4.69) is 0 Å². The van der Waals surface area contributed by atoms with Crippen molar-refractivity contribution in [3.05, 3.63) is 80.4 Å². The summed E-state index contributed by atoms with van der Waals surface area (Å²) in [5, 5.41) is 27.2. The van der Waals surface area contributed by atoms with E-state index in [1.807, 2.05) is 13.8 Å². The highest BCUT2D eigenvalue weighted by Crippen LogP contribution is 2.48. The highest BCUT2D eigenvalue weighted by Gasteiger charge is 2.45. The van der Waals surface area contributed by atoms with Gasteiger partial charge in [0.25, 0.3) is 0 Å². The molecule has 0 bridgehead atoms. The van der Waals surface area contributed by atoms with Crippen LogP contribution in [0.3, 0.4) is 0 Å². The molecule has 4 N–H and O–H groups in total. The smallest absolute Gasteiger partial charge is 0.344 e. The van der Waals surface area contributed by atoms with Crippen LogP contribution in [0.2, 0.25) is 0 Å². The molecule has 8 nitrogen and oxygen atoms in total. The minimum atomic E-state index is -4.57. The minimum absolute atomic E-state index is 0.0729. The Morgan fingerprint density at radius 3 is 2.41 bits per heavy atom. The lowest BCUT2D eigenvalue weighted by molar-refractivity contribution is 0.0692. The number of carboxylic acids is 1. The molecule has 1 atom stereocenters. The van der Waals surface area contributed by atoms with E-state index in [1.165, 1.54) is 6.07 Å². The van der Waals surface area contributed by atoms with E-state index in [0.29, 0.717) is 36.1 Å². The lowest BCUT2D eigenvalue weighted by Crippen LogP contribution is -2.37. The van der Waals surface area contributed by atoms with Crippen LogP contribution in [0.5, 0.6) is 5.75 Å². The Balaban J connectivity index is 2.17. The van der Waals surface area contributed by atoms with Gasteiger partial charge in [-0.15, -0.1) is 0 Å². The number of nitrogens with two attached hydrogens (primary N) is 1. The first-order valence-corrected chi connectivity index (χ1v) is 14.2. The first-order chi connectivity index (χ1) is 17.5. The number of rotatable bonds is 6. The fraction of sp³-hybridized carbons (Fsp3) is 0.429. The van der Waals surface area contributed by atoms with Gasteiger partial charge in [-0.2, -0.15) is 0 Å². The summed E-state index contributed by atoms with van der Waals surface area (Å²) < 4.78 is 31.9. The zero-order valence-corrected chi connectivity index (χ0v) is 21.9. The van der Waals surface area contributed by atoms with E-state index in [4.69, 9.17) is 9.56 Å². The van der Waals surface area contributed by atoms with Gasteiger partial charge in [-0.3, -0.25) is 0 Å². The number of fused-ring (bicyclic) bond motifs is 1. The number of benzene rings is 1. The number of hydrogen-bond acceptors (Lipinski definition) is 6. The largest absolute Gasteiger partial charge is 0.507 e. The number of sulfonamides is 1. The number of aromatic hydroxyl groups is 1. The highest BCUT2D eigenvalue weighted by molar-refractivity contribution is 7.89. The second-order valence-electron chi connectivity index (χ2n) is 10.3. The third-order valence-corrected chi connectivity index (χ3v) is 8.20. The Kier molecular flexibility index (Phi) is 7.48. The van der Waals surface area contributed by atoms with E-state index < -0.39 is 37.5 Å². The Morgan fingerprint density at radius 2 is 1.81 bits per heavy atom. The van der Waals surface area contributed by atoms with Crippen molar-refractivity contribution in [3.63, 3.8) is 0 Å². The number of allylic oxidation sites excluding steroid dienone is 4. The molecule has 0 radical (unpaired) electrons. The van der Waals surface area contributed by atoms with Crippen LogP contribution in [-0.4, -0.2) is 24.6 Å². The second kappa shape index (κ2) is 10.3. The van der Waals surface area contributed by atoms with Gasteiger partial charge < -0.3 is 14.6 Å². The summed E-state index contributed by atoms with van der Waals surface area (Å²) in [6.45, 7) is 3.90. The fourth-order valence-electron chi connectivity index (χ4n) is 5.70.